The fourth-order valence-electron chi connectivity index (χ4n) is 2.63. The van der Waals surface area contributed by atoms with Crippen LogP contribution in [-0.2, 0) is 11.2 Å². The van der Waals surface area contributed by atoms with E-state index in [1.165, 1.54) is 6.07 Å². The number of benzene rings is 1. The summed E-state index contributed by atoms with van der Waals surface area (Å²) in [5.41, 5.74) is 0.370. The highest BCUT2D eigenvalue weighted by Gasteiger charge is 2.19. The van der Waals surface area contributed by atoms with Gasteiger partial charge in [0.2, 0.25) is 0 Å². The molecule has 1 aliphatic heterocycles. The predicted octanol–water partition coefficient (Wildman–Crippen LogP) is 2.05. The molecule has 1 aromatic carbocycles. The number of halogens is 2. The lowest BCUT2D eigenvalue weighted by Gasteiger charge is -2.24. The van der Waals surface area contributed by atoms with Crippen LogP contribution in [0.4, 0.5) is 8.78 Å². The minimum absolute atomic E-state index is 0.370. The number of guanidine groups is 1. The Morgan fingerprint density at radius 2 is 2.27 bits per heavy atom. The van der Waals surface area contributed by atoms with Gasteiger partial charge in [0.1, 0.15) is 11.6 Å². The van der Waals surface area contributed by atoms with Gasteiger partial charge in [-0.05, 0) is 36.6 Å². The van der Waals surface area contributed by atoms with Gasteiger partial charge in [-0.15, -0.1) is 0 Å². The van der Waals surface area contributed by atoms with E-state index in [9.17, 15) is 8.78 Å². The first kappa shape index (κ1) is 16.7. The number of ether oxygens (including phenoxy) is 1. The number of nitrogens with one attached hydrogen (secondary N) is 1. The summed E-state index contributed by atoms with van der Waals surface area (Å²) >= 11 is 0. The van der Waals surface area contributed by atoms with Gasteiger partial charge in [0.05, 0.1) is 6.61 Å². The van der Waals surface area contributed by atoms with Crippen molar-refractivity contribution in [3.05, 3.63) is 35.4 Å². The number of rotatable bonds is 5. The SMILES string of the molecule is CN=C(NCCc1cc(F)ccc1F)N(C)CC1CCOC1. The molecular formula is C16H23F2N3O. The third-order valence-electron chi connectivity index (χ3n) is 3.81. The fraction of sp³-hybridized carbons (Fsp3) is 0.562. The van der Waals surface area contributed by atoms with Gasteiger partial charge in [-0.2, -0.15) is 0 Å². The molecule has 4 nitrogen and oxygen atoms in total. The highest BCUT2D eigenvalue weighted by molar-refractivity contribution is 5.79. The molecule has 1 heterocycles. The Hall–Kier alpha value is -1.69. The summed E-state index contributed by atoms with van der Waals surface area (Å²) < 4.78 is 32.1. The Morgan fingerprint density at radius 3 is 2.95 bits per heavy atom. The van der Waals surface area contributed by atoms with Crippen LogP contribution in [0.25, 0.3) is 0 Å². The topological polar surface area (TPSA) is 36.9 Å². The van der Waals surface area contributed by atoms with Crippen molar-refractivity contribution < 1.29 is 13.5 Å². The van der Waals surface area contributed by atoms with Crippen LogP contribution in [0.3, 0.4) is 0 Å². The van der Waals surface area contributed by atoms with Gasteiger partial charge in [0.25, 0.3) is 0 Å². The van der Waals surface area contributed by atoms with E-state index >= 15 is 0 Å². The average molecular weight is 311 g/mol. The highest BCUT2D eigenvalue weighted by Crippen LogP contribution is 2.13. The number of aliphatic imine (C=N–C) groups is 1. The lowest BCUT2D eigenvalue weighted by molar-refractivity contribution is 0.181. The third-order valence-corrected chi connectivity index (χ3v) is 3.81. The Kier molecular flexibility index (Phi) is 6.12. The normalized spacial score (nSPS) is 18.5. The lowest BCUT2D eigenvalue weighted by Crippen LogP contribution is -2.42. The number of hydrogen-bond donors (Lipinski definition) is 1. The fourth-order valence-corrected chi connectivity index (χ4v) is 2.63. The molecule has 1 saturated heterocycles. The van der Waals surface area contributed by atoms with Crippen molar-refractivity contribution in [2.75, 3.05) is 40.4 Å². The second-order valence-electron chi connectivity index (χ2n) is 5.57. The molecule has 0 amide bonds. The van der Waals surface area contributed by atoms with E-state index in [0.29, 0.717) is 24.4 Å². The first-order valence-electron chi connectivity index (χ1n) is 7.53. The zero-order valence-corrected chi connectivity index (χ0v) is 13.1. The predicted molar refractivity (Wildman–Crippen MR) is 83.0 cm³/mol. The Morgan fingerprint density at radius 1 is 1.45 bits per heavy atom. The van der Waals surface area contributed by atoms with Crippen LogP contribution >= 0.6 is 0 Å². The van der Waals surface area contributed by atoms with Crippen LogP contribution in [0.5, 0.6) is 0 Å². The molecule has 2 rings (SSSR count). The summed E-state index contributed by atoms with van der Waals surface area (Å²) in [5, 5.41) is 3.18. The van der Waals surface area contributed by atoms with Crippen molar-refractivity contribution in [3.8, 4) is 0 Å². The molecule has 22 heavy (non-hydrogen) atoms. The standard InChI is InChI=1S/C16H23F2N3O/c1-19-16(21(2)10-12-6-8-22-11-12)20-7-5-13-9-14(17)3-4-15(13)18/h3-4,9,12H,5-8,10-11H2,1-2H3,(H,19,20). The van der Waals surface area contributed by atoms with Crippen molar-refractivity contribution in [3.63, 3.8) is 0 Å². The molecule has 0 spiro atoms. The summed E-state index contributed by atoms with van der Waals surface area (Å²) in [6.45, 7) is 2.98. The zero-order chi connectivity index (χ0) is 15.9. The molecule has 0 saturated carbocycles. The van der Waals surface area contributed by atoms with Crippen molar-refractivity contribution in [2.24, 2.45) is 10.9 Å². The van der Waals surface area contributed by atoms with Gasteiger partial charge in [0.15, 0.2) is 5.96 Å². The maximum Gasteiger partial charge on any atom is 0.193 e. The van der Waals surface area contributed by atoms with Gasteiger partial charge in [-0.1, -0.05) is 0 Å². The largest absolute Gasteiger partial charge is 0.381 e. The van der Waals surface area contributed by atoms with Crippen LogP contribution in [0.1, 0.15) is 12.0 Å². The summed E-state index contributed by atoms with van der Waals surface area (Å²) in [6.07, 6.45) is 1.47. The van der Waals surface area contributed by atoms with E-state index < -0.39 is 5.82 Å². The summed E-state index contributed by atoms with van der Waals surface area (Å²) in [5.74, 6) is 0.474. The van der Waals surface area contributed by atoms with Crippen molar-refractivity contribution in [1.82, 2.24) is 10.2 Å². The summed E-state index contributed by atoms with van der Waals surface area (Å²) in [6, 6.07) is 3.52. The first-order chi connectivity index (χ1) is 10.6. The quantitative estimate of drug-likeness (QED) is 0.668. The molecule has 1 aliphatic rings. The minimum Gasteiger partial charge on any atom is -0.381 e. The summed E-state index contributed by atoms with van der Waals surface area (Å²) in [7, 11) is 3.68. The molecule has 1 unspecified atom stereocenters. The Bertz CT molecular complexity index is 516. The molecule has 1 aromatic rings. The maximum atomic E-state index is 13.6. The monoisotopic (exact) mass is 311 g/mol. The molecule has 0 aromatic heterocycles. The molecule has 122 valence electrons. The van der Waals surface area contributed by atoms with Gasteiger partial charge in [0, 0.05) is 39.7 Å². The third kappa shape index (κ3) is 4.66. The summed E-state index contributed by atoms with van der Waals surface area (Å²) in [4.78, 5) is 6.27. The van der Waals surface area contributed by atoms with E-state index in [4.69, 9.17) is 4.74 Å². The van der Waals surface area contributed by atoms with Gasteiger partial charge >= 0.3 is 0 Å². The van der Waals surface area contributed by atoms with E-state index in [2.05, 4.69) is 10.3 Å². The maximum absolute atomic E-state index is 13.6. The molecule has 0 radical (unpaired) electrons. The van der Waals surface area contributed by atoms with Crippen LogP contribution in [0, 0.1) is 17.6 Å². The lowest BCUT2D eigenvalue weighted by atomic mass is 10.1. The van der Waals surface area contributed by atoms with Crippen molar-refractivity contribution in [1.29, 1.82) is 0 Å². The highest BCUT2D eigenvalue weighted by atomic mass is 19.1. The van der Waals surface area contributed by atoms with Crippen LogP contribution < -0.4 is 5.32 Å². The van der Waals surface area contributed by atoms with Crippen LogP contribution in [0.15, 0.2) is 23.2 Å². The molecule has 1 N–H and O–H groups in total. The molecule has 0 aliphatic carbocycles. The Labute approximate surface area is 130 Å². The van der Waals surface area contributed by atoms with Crippen molar-refractivity contribution in [2.45, 2.75) is 12.8 Å². The molecule has 0 bridgehead atoms. The number of nitrogens with zero attached hydrogens (tertiary/aromatic N) is 2. The first-order valence-corrected chi connectivity index (χ1v) is 7.53. The number of hydrogen-bond acceptors (Lipinski definition) is 2. The van der Waals surface area contributed by atoms with Crippen LogP contribution in [-0.4, -0.2) is 51.3 Å². The molecule has 6 heteroatoms. The van der Waals surface area contributed by atoms with Crippen LogP contribution in [0.2, 0.25) is 0 Å². The van der Waals surface area contributed by atoms with E-state index in [-0.39, 0.29) is 5.82 Å². The minimum atomic E-state index is -0.417. The average Bonchev–Trinajstić information content (AvgIpc) is 2.99. The molecule has 1 atom stereocenters. The molecular weight excluding hydrogens is 288 g/mol. The smallest absolute Gasteiger partial charge is 0.193 e. The Balaban J connectivity index is 1.81. The van der Waals surface area contributed by atoms with Gasteiger partial charge < -0.3 is 15.0 Å². The van der Waals surface area contributed by atoms with E-state index in [0.717, 1.165) is 44.3 Å². The zero-order valence-electron chi connectivity index (χ0n) is 13.1. The van der Waals surface area contributed by atoms with Crippen molar-refractivity contribution >= 4 is 5.96 Å². The van der Waals surface area contributed by atoms with E-state index in [1.54, 1.807) is 7.05 Å². The second-order valence-corrected chi connectivity index (χ2v) is 5.57. The van der Waals surface area contributed by atoms with Gasteiger partial charge in [-0.3, -0.25) is 4.99 Å². The van der Waals surface area contributed by atoms with E-state index in [1.807, 2.05) is 11.9 Å². The van der Waals surface area contributed by atoms with Gasteiger partial charge in [-0.25, -0.2) is 8.78 Å². The second kappa shape index (κ2) is 8.08. The molecule has 1 fully saturated rings.